The van der Waals surface area contributed by atoms with Crippen LogP contribution in [0.5, 0.6) is 0 Å². The molecule has 4 rings (SSSR count). The molecule has 0 N–H and O–H groups in total. The Morgan fingerprint density at radius 2 is 1.07 bits per heavy atom. The number of aliphatic imine (C=N–C) groups is 2. The quantitative estimate of drug-likeness (QED) is 0.328. The Morgan fingerprint density at radius 3 is 1.43 bits per heavy atom. The van der Waals surface area contributed by atoms with E-state index < -0.39 is 23.8 Å². The molecular weight excluding hydrogens is 552 g/mol. The Kier molecular flexibility index (Phi) is 9.92. The predicted octanol–water partition coefficient (Wildman–Crippen LogP) is 3.36. The summed E-state index contributed by atoms with van der Waals surface area (Å²) in [5, 5.41) is 0.799. The maximum absolute atomic E-state index is 13.2. The highest BCUT2D eigenvalue weighted by Gasteiger charge is 2.38. The SMILES string of the molecule is COC(=O)/C=C1\SC(=NCc2ccccc2)N(CCN2C(=O)/C(=C/C(=O)OC)SC2=NCc2ccccc2)C1=O. The third-order valence-corrected chi connectivity index (χ3v) is 7.79. The normalized spacial score (nSPS) is 19.4. The standard InChI is InChI=1S/C28H26N4O6S2/c1-37-23(33)15-21-25(35)31(27(39-21)29-17-19-9-5-3-6-10-19)13-14-32-26(36)22(16-24(34)38-2)40-28(32)30-18-20-11-7-4-8-12-20/h3-12,15-16H,13-14,17-18H2,1-2H3/b21-15-,22-16-,29-27?,30-28?. The van der Waals surface area contributed by atoms with E-state index in [0.717, 1.165) is 46.8 Å². The fourth-order valence-electron chi connectivity index (χ4n) is 3.66. The lowest BCUT2D eigenvalue weighted by Gasteiger charge is -2.21. The number of hydrogen-bond acceptors (Lipinski definition) is 10. The summed E-state index contributed by atoms with van der Waals surface area (Å²) in [6, 6.07) is 19.1. The predicted molar refractivity (Wildman–Crippen MR) is 154 cm³/mol. The number of carbonyl (C=O) groups excluding carboxylic acids is 4. The topological polar surface area (TPSA) is 118 Å². The molecule has 0 atom stereocenters. The van der Waals surface area contributed by atoms with E-state index in [-0.39, 0.29) is 22.9 Å². The van der Waals surface area contributed by atoms with Gasteiger partial charge in [0.15, 0.2) is 10.3 Å². The zero-order valence-electron chi connectivity index (χ0n) is 21.8. The minimum Gasteiger partial charge on any atom is -0.466 e. The molecule has 2 aliphatic heterocycles. The Bertz CT molecular complexity index is 1300. The maximum atomic E-state index is 13.2. The summed E-state index contributed by atoms with van der Waals surface area (Å²) in [6.07, 6.45) is 2.26. The van der Waals surface area contributed by atoms with Gasteiger partial charge < -0.3 is 9.47 Å². The highest BCUT2D eigenvalue weighted by Crippen LogP contribution is 2.34. The zero-order chi connectivity index (χ0) is 28.5. The second-order valence-corrected chi connectivity index (χ2v) is 10.4. The molecular formula is C28H26N4O6S2. The number of benzene rings is 2. The van der Waals surface area contributed by atoms with Crippen LogP contribution in [0, 0.1) is 0 Å². The first-order valence-electron chi connectivity index (χ1n) is 12.1. The van der Waals surface area contributed by atoms with Gasteiger partial charge in [0.25, 0.3) is 11.8 Å². The minimum atomic E-state index is -0.654. The van der Waals surface area contributed by atoms with E-state index in [9.17, 15) is 19.2 Å². The molecule has 0 saturated carbocycles. The number of carbonyl (C=O) groups is 4. The highest BCUT2D eigenvalue weighted by molar-refractivity contribution is 8.18. The molecule has 2 fully saturated rings. The first-order chi connectivity index (χ1) is 19.4. The first-order valence-corrected chi connectivity index (χ1v) is 13.8. The average molecular weight is 579 g/mol. The van der Waals surface area contributed by atoms with Crippen LogP contribution in [0.3, 0.4) is 0 Å². The Hall–Kier alpha value is -4.16. The molecule has 0 radical (unpaired) electrons. The Labute approximate surface area is 239 Å². The first kappa shape index (κ1) is 28.8. The maximum Gasteiger partial charge on any atom is 0.331 e. The Balaban J connectivity index is 1.58. The van der Waals surface area contributed by atoms with Crippen molar-refractivity contribution in [3.63, 3.8) is 0 Å². The van der Waals surface area contributed by atoms with Crippen molar-refractivity contribution in [2.45, 2.75) is 13.1 Å². The molecule has 2 amide bonds. The molecule has 0 aromatic heterocycles. The fraction of sp³-hybridized carbons (Fsp3) is 0.214. The van der Waals surface area contributed by atoms with Crippen molar-refractivity contribution < 1.29 is 28.7 Å². The van der Waals surface area contributed by atoms with E-state index in [1.165, 1.54) is 24.0 Å². The van der Waals surface area contributed by atoms with Gasteiger partial charge in [-0.15, -0.1) is 0 Å². The summed E-state index contributed by atoms with van der Waals surface area (Å²) in [7, 11) is 2.47. The van der Waals surface area contributed by atoms with Crippen LogP contribution in [0.2, 0.25) is 0 Å². The number of ether oxygens (including phenoxy) is 2. The van der Waals surface area contributed by atoms with Crippen molar-refractivity contribution in [2.24, 2.45) is 9.98 Å². The highest BCUT2D eigenvalue weighted by atomic mass is 32.2. The van der Waals surface area contributed by atoms with Gasteiger partial charge in [0, 0.05) is 25.2 Å². The van der Waals surface area contributed by atoms with E-state index in [0.29, 0.717) is 23.4 Å². The molecule has 2 aromatic rings. The van der Waals surface area contributed by atoms with Gasteiger partial charge in [0.1, 0.15) is 0 Å². The number of esters is 2. The number of methoxy groups -OCH3 is 2. The van der Waals surface area contributed by atoms with Crippen molar-refractivity contribution >= 4 is 57.6 Å². The number of amidine groups is 2. The van der Waals surface area contributed by atoms with Gasteiger partial charge in [-0.05, 0) is 34.7 Å². The third kappa shape index (κ3) is 7.27. The van der Waals surface area contributed by atoms with E-state index >= 15 is 0 Å². The van der Waals surface area contributed by atoms with Crippen LogP contribution < -0.4 is 0 Å². The summed E-state index contributed by atoms with van der Waals surface area (Å²) >= 11 is 2.14. The minimum absolute atomic E-state index is 0.0835. The van der Waals surface area contributed by atoms with Crippen LogP contribution in [0.1, 0.15) is 11.1 Å². The van der Waals surface area contributed by atoms with Crippen LogP contribution in [0.4, 0.5) is 0 Å². The van der Waals surface area contributed by atoms with Crippen LogP contribution in [-0.2, 0) is 41.7 Å². The number of hydrogen-bond donors (Lipinski definition) is 0. The molecule has 0 unspecified atom stereocenters. The average Bonchev–Trinajstić information content (AvgIpc) is 3.44. The molecule has 2 aliphatic rings. The zero-order valence-corrected chi connectivity index (χ0v) is 23.4. The van der Waals surface area contributed by atoms with Gasteiger partial charge >= 0.3 is 11.9 Å². The second kappa shape index (κ2) is 13.8. The number of amides is 2. The van der Waals surface area contributed by atoms with Crippen LogP contribution >= 0.6 is 23.5 Å². The molecule has 0 bridgehead atoms. The van der Waals surface area contributed by atoms with Gasteiger partial charge in [0.05, 0.1) is 37.1 Å². The molecule has 0 spiro atoms. The summed E-state index contributed by atoms with van der Waals surface area (Å²) in [5.74, 6) is -2.15. The lowest BCUT2D eigenvalue weighted by molar-refractivity contribution is -0.136. The molecule has 2 heterocycles. The number of rotatable bonds is 9. The van der Waals surface area contributed by atoms with E-state index in [4.69, 9.17) is 9.47 Å². The molecule has 0 aliphatic carbocycles. The van der Waals surface area contributed by atoms with Crippen molar-refractivity contribution in [1.29, 1.82) is 0 Å². The molecule has 40 heavy (non-hydrogen) atoms. The van der Waals surface area contributed by atoms with E-state index in [1.807, 2.05) is 60.7 Å². The Morgan fingerprint density at radius 1 is 0.700 bits per heavy atom. The molecule has 206 valence electrons. The van der Waals surface area contributed by atoms with Crippen molar-refractivity contribution in [1.82, 2.24) is 9.80 Å². The van der Waals surface area contributed by atoms with Gasteiger partial charge in [0.2, 0.25) is 0 Å². The molecule has 2 aromatic carbocycles. The smallest absolute Gasteiger partial charge is 0.331 e. The third-order valence-electron chi connectivity index (χ3n) is 5.70. The van der Waals surface area contributed by atoms with E-state index in [2.05, 4.69) is 9.98 Å². The monoisotopic (exact) mass is 578 g/mol. The van der Waals surface area contributed by atoms with Crippen LogP contribution in [0.25, 0.3) is 0 Å². The lowest BCUT2D eigenvalue weighted by atomic mass is 10.2. The largest absolute Gasteiger partial charge is 0.466 e. The van der Waals surface area contributed by atoms with Gasteiger partial charge in [-0.3, -0.25) is 29.4 Å². The van der Waals surface area contributed by atoms with Crippen molar-refractivity contribution in [2.75, 3.05) is 27.3 Å². The van der Waals surface area contributed by atoms with E-state index in [1.54, 1.807) is 0 Å². The summed E-state index contributed by atoms with van der Waals surface area (Å²) in [5.41, 5.74) is 1.90. The number of thioether (sulfide) groups is 2. The van der Waals surface area contributed by atoms with Crippen molar-refractivity contribution in [3.05, 3.63) is 93.8 Å². The van der Waals surface area contributed by atoms with Gasteiger partial charge in [-0.25, -0.2) is 9.59 Å². The van der Waals surface area contributed by atoms with Gasteiger partial charge in [-0.2, -0.15) is 0 Å². The number of nitrogens with zero attached hydrogens (tertiary/aromatic N) is 4. The molecule has 12 heteroatoms. The van der Waals surface area contributed by atoms with Crippen molar-refractivity contribution in [3.8, 4) is 0 Å². The summed E-state index contributed by atoms with van der Waals surface area (Å²) < 4.78 is 9.38. The summed E-state index contributed by atoms with van der Waals surface area (Å²) in [4.78, 5) is 62.6. The van der Waals surface area contributed by atoms with Gasteiger partial charge in [-0.1, -0.05) is 60.7 Å². The lowest BCUT2D eigenvalue weighted by Crippen LogP contribution is -2.40. The summed E-state index contributed by atoms with van der Waals surface area (Å²) in [6.45, 7) is 0.819. The molecule has 2 saturated heterocycles. The second-order valence-electron chi connectivity index (χ2n) is 8.35. The fourth-order valence-corrected chi connectivity index (χ4v) is 5.59. The molecule has 10 nitrogen and oxygen atoms in total. The van der Waals surface area contributed by atoms with Crippen LogP contribution in [0.15, 0.2) is 92.6 Å². The van der Waals surface area contributed by atoms with Crippen LogP contribution in [-0.4, -0.2) is 71.2 Å².